The van der Waals surface area contributed by atoms with Crippen LogP contribution in [0.4, 0.5) is 5.69 Å². The number of rotatable bonds is 4. The van der Waals surface area contributed by atoms with Gasteiger partial charge in [0.15, 0.2) is 0 Å². The molecule has 4 heteroatoms. The summed E-state index contributed by atoms with van der Waals surface area (Å²) in [5, 5.41) is 3.30. The molecule has 19 heavy (non-hydrogen) atoms. The molecule has 1 aliphatic heterocycles. The van der Waals surface area contributed by atoms with Gasteiger partial charge in [0.1, 0.15) is 0 Å². The standard InChI is InChI=1S/C15H21BrN2O/c16-13-7-3-4-8-14(13)17-10-9-15(19)18-11-5-1-2-6-12-18/h3-4,7-8,17H,1-2,5-6,9-12H2. The van der Waals surface area contributed by atoms with Crippen LogP contribution in [0, 0.1) is 0 Å². The van der Waals surface area contributed by atoms with Crippen LogP contribution in [0.3, 0.4) is 0 Å². The highest BCUT2D eigenvalue weighted by Gasteiger charge is 2.14. The van der Waals surface area contributed by atoms with E-state index in [1.165, 1.54) is 12.8 Å². The van der Waals surface area contributed by atoms with E-state index in [2.05, 4.69) is 21.2 Å². The molecule has 1 aliphatic rings. The van der Waals surface area contributed by atoms with Gasteiger partial charge in [-0.05, 0) is 40.9 Å². The quantitative estimate of drug-likeness (QED) is 0.916. The predicted octanol–water partition coefficient (Wildman–Crippen LogP) is 3.65. The minimum absolute atomic E-state index is 0.279. The number of anilines is 1. The van der Waals surface area contributed by atoms with E-state index in [0.717, 1.165) is 36.1 Å². The molecule has 1 aromatic rings. The Morgan fingerprint density at radius 1 is 1.16 bits per heavy atom. The van der Waals surface area contributed by atoms with Crippen molar-refractivity contribution in [3.8, 4) is 0 Å². The zero-order chi connectivity index (χ0) is 13.5. The number of halogens is 1. The van der Waals surface area contributed by atoms with Gasteiger partial charge in [-0.15, -0.1) is 0 Å². The number of carbonyl (C=O) groups is 1. The summed E-state index contributed by atoms with van der Waals surface area (Å²) in [5.74, 6) is 0.279. The molecule has 1 heterocycles. The Bertz CT molecular complexity index is 414. The first kappa shape index (κ1) is 14.4. The second kappa shape index (κ2) is 7.53. The number of nitrogens with one attached hydrogen (secondary N) is 1. The molecule has 0 spiro atoms. The summed E-state index contributed by atoms with van der Waals surface area (Å²) in [4.78, 5) is 14.1. The second-order valence-electron chi connectivity index (χ2n) is 4.95. The third kappa shape index (κ3) is 4.53. The van der Waals surface area contributed by atoms with Crippen molar-refractivity contribution in [2.45, 2.75) is 32.1 Å². The molecule has 0 aliphatic carbocycles. The summed E-state index contributed by atoms with van der Waals surface area (Å²) in [5.41, 5.74) is 1.05. The average molecular weight is 325 g/mol. The molecule has 0 saturated carbocycles. The molecule has 104 valence electrons. The van der Waals surface area contributed by atoms with E-state index >= 15 is 0 Å². The lowest BCUT2D eigenvalue weighted by Crippen LogP contribution is -2.32. The smallest absolute Gasteiger partial charge is 0.224 e. The average Bonchev–Trinajstić information content (AvgIpc) is 2.70. The topological polar surface area (TPSA) is 32.3 Å². The first-order valence-electron chi connectivity index (χ1n) is 7.03. The van der Waals surface area contributed by atoms with Crippen molar-refractivity contribution >= 4 is 27.5 Å². The highest BCUT2D eigenvalue weighted by Crippen LogP contribution is 2.21. The molecule has 1 aromatic carbocycles. The maximum atomic E-state index is 12.1. The van der Waals surface area contributed by atoms with Gasteiger partial charge in [0.05, 0.1) is 0 Å². The first-order valence-corrected chi connectivity index (χ1v) is 7.83. The van der Waals surface area contributed by atoms with Crippen LogP contribution < -0.4 is 5.32 Å². The molecule has 2 rings (SSSR count). The molecule has 1 saturated heterocycles. The lowest BCUT2D eigenvalue weighted by atomic mass is 10.2. The SMILES string of the molecule is O=C(CCNc1ccccc1Br)N1CCCCCC1. The minimum atomic E-state index is 0.279. The maximum Gasteiger partial charge on any atom is 0.224 e. The molecule has 1 fully saturated rings. The Hall–Kier alpha value is -1.03. The molecule has 0 aromatic heterocycles. The van der Waals surface area contributed by atoms with Gasteiger partial charge >= 0.3 is 0 Å². The fourth-order valence-electron chi connectivity index (χ4n) is 2.39. The van der Waals surface area contributed by atoms with Gasteiger partial charge in [-0.25, -0.2) is 0 Å². The van der Waals surface area contributed by atoms with Gasteiger partial charge in [-0.1, -0.05) is 25.0 Å². The Balaban J connectivity index is 1.76. The third-order valence-electron chi connectivity index (χ3n) is 3.49. The van der Waals surface area contributed by atoms with Crippen molar-refractivity contribution < 1.29 is 4.79 Å². The monoisotopic (exact) mass is 324 g/mol. The van der Waals surface area contributed by atoms with E-state index in [4.69, 9.17) is 0 Å². The highest BCUT2D eigenvalue weighted by atomic mass is 79.9. The van der Waals surface area contributed by atoms with Crippen molar-refractivity contribution in [3.05, 3.63) is 28.7 Å². The van der Waals surface area contributed by atoms with Crippen LogP contribution in [0.15, 0.2) is 28.7 Å². The number of nitrogens with zero attached hydrogens (tertiary/aromatic N) is 1. The van der Waals surface area contributed by atoms with E-state index in [1.54, 1.807) is 0 Å². The number of amides is 1. The van der Waals surface area contributed by atoms with Crippen molar-refractivity contribution in [2.24, 2.45) is 0 Å². The summed E-state index contributed by atoms with van der Waals surface area (Å²) < 4.78 is 1.04. The van der Waals surface area contributed by atoms with Crippen LogP contribution in [0.1, 0.15) is 32.1 Å². The lowest BCUT2D eigenvalue weighted by Gasteiger charge is -2.20. The molecule has 3 nitrogen and oxygen atoms in total. The van der Waals surface area contributed by atoms with Crippen LogP contribution in [0.5, 0.6) is 0 Å². The van der Waals surface area contributed by atoms with E-state index < -0.39 is 0 Å². The molecule has 0 radical (unpaired) electrons. The number of hydrogen-bond acceptors (Lipinski definition) is 2. The summed E-state index contributed by atoms with van der Waals surface area (Å²) in [6.07, 6.45) is 5.41. The van der Waals surface area contributed by atoms with Gasteiger partial charge in [0, 0.05) is 36.2 Å². The summed E-state index contributed by atoms with van der Waals surface area (Å²) >= 11 is 3.49. The van der Waals surface area contributed by atoms with Crippen LogP contribution >= 0.6 is 15.9 Å². The first-order chi connectivity index (χ1) is 9.27. The number of likely N-dealkylation sites (tertiary alicyclic amines) is 1. The lowest BCUT2D eigenvalue weighted by molar-refractivity contribution is -0.130. The van der Waals surface area contributed by atoms with Gasteiger partial charge in [0.2, 0.25) is 5.91 Å². The highest BCUT2D eigenvalue weighted by molar-refractivity contribution is 9.10. The predicted molar refractivity (Wildman–Crippen MR) is 82.3 cm³/mol. The normalized spacial score (nSPS) is 15.9. The van der Waals surface area contributed by atoms with Gasteiger partial charge in [-0.3, -0.25) is 4.79 Å². The molecular formula is C15H21BrN2O. The second-order valence-corrected chi connectivity index (χ2v) is 5.81. The van der Waals surface area contributed by atoms with Crippen molar-refractivity contribution in [1.29, 1.82) is 0 Å². The van der Waals surface area contributed by atoms with Crippen molar-refractivity contribution in [1.82, 2.24) is 4.90 Å². The van der Waals surface area contributed by atoms with Crippen molar-refractivity contribution in [2.75, 3.05) is 25.0 Å². The largest absolute Gasteiger partial charge is 0.384 e. The van der Waals surface area contributed by atoms with E-state index in [1.807, 2.05) is 29.2 Å². The molecule has 0 unspecified atom stereocenters. The summed E-state index contributed by atoms with van der Waals surface area (Å²) in [6, 6.07) is 7.99. The fourth-order valence-corrected chi connectivity index (χ4v) is 2.81. The Morgan fingerprint density at radius 2 is 1.84 bits per heavy atom. The third-order valence-corrected chi connectivity index (χ3v) is 4.18. The number of carbonyl (C=O) groups excluding carboxylic acids is 1. The summed E-state index contributed by atoms with van der Waals surface area (Å²) in [7, 11) is 0. The number of benzene rings is 1. The van der Waals surface area contributed by atoms with Crippen LogP contribution in [-0.2, 0) is 4.79 Å². The maximum absolute atomic E-state index is 12.1. The minimum Gasteiger partial charge on any atom is -0.384 e. The Kier molecular flexibility index (Phi) is 5.70. The molecular weight excluding hydrogens is 304 g/mol. The van der Waals surface area contributed by atoms with Crippen LogP contribution in [0.2, 0.25) is 0 Å². The number of hydrogen-bond donors (Lipinski definition) is 1. The Morgan fingerprint density at radius 3 is 2.53 bits per heavy atom. The zero-order valence-corrected chi connectivity index (χ0v) is 12.8. The van der Waals surface area contributed by atoms with Gasteiger partial charge in [-0.2, -0.15) is 0 Å². The molecule has 0 atom stereocenters. The van der Waals surface area contributed by atoms with Gasteiger partial charge in [0.25, 0.3) is 0 Å². The van der Waals surface area contributed by atoms with Gasteiger partial charge < -0.3 is 10.2 Å². The molecule has 1 amide bonds. The van der Waals surface area contributed by atoms with Crippen LogP contribution in [-0.4, -0.2) is 30.4 Å². The fraction of sp³-hybridized carbons (Fsp3) is 0.533. The molecule has 1 N–H and O–H groups in total. The van der Waals surface area contributed by atoms with E-state index in [0.29, 0.717) is 13.0 Å². The van der Waals surface area contributed by atoms with E-state index in [-0.39, 0.29) is 5.91 Å². The summed E-state index contributed by atoms with van der Waals surface area (Å²) in [6.45, 7) is 2.57. The zero-order valence-electron chi connectivity index (χ0n) is 11.2. The Labute approximate surface area is 123 Å². The van der Waals surface area contributed by atoms with Crippen LogP contribution in [0.25, 0.3) is 0 Å². The van der Waals surface area contributed by atoms with E-state index in [9.17, 15) is 4.79 Å². The van der Waals surface area contributed by atoms with Crippen molar-refractivity contribution in [3.63, 3.8) is 0 Å². The molecule has 0 bridgehead atoms. The number of para-hydroxylation sites is 1.